The van der Waals surface area contributed by atoms with Crippen LogP contribution in [0.15, 0.2) is 114 Å². The molecule has 0 saturated carbocycles. The van der Waals surface area contributed by atoms with Gasteiger partial charge in [-0.15, -0.1) is 0 Å². The zero-order valence-electron chi connectivity index (χ0n) is 19.1. The van der Waals surface area contributed by atoms with Gasteiger partial charge in [-0.05, 0) is 23.6 Å². The van der Waals surface area contributed by atoms with Gasteiger partial charge in [0.2, 0.25) is 0 Å². The highest BCUT2D eigenvalue weighted by molar-refractivity contribution is 6.30. The Morgan fingerprint density at radius 2 is 1.34 bits per heavy atom. The minimum Gasteiger partial charge on any atom is -0.336 e. The summed E-state index contributed by atoms with van der Waals surface area (Å²) in [7, 11) is 0. The molecular weight excluding hydrogens is 460 g/mol. The van der Waals surface area contributed by atoms with E-state index in [9.17, 15) is 14.4 Å². The van der Waals surface area contributed by atoms with Crippen molar-refractivity contribution in [2.45, 2.75) is 19.0 Å². The summed E-state index contributed by atoms with van der Waals surface area (Å²) in [6.45, 7) is 0.687. The monoisotopic (exact) mass is 484 g/mol. The number of ketones is 1. The van der Waals surface area contributed by atoms with Gasteiger partial charge in [0.1, 0.15) is 0 Å². The zero-order chi connectivity index (χ0) is 24.6. The predicted octanol–water partition coefficient (Wildman–Crippen LogP) is 5.20. The molecule has 4 aromatic rings. The van der Waals surface area contributed by atoms with Gasteiger partial charge in [0.05, 0.1) is 5.02 Å². The quantitative estimate of drug-likeness (QED) is 0.242. The molecule has 0 N–H and O–H groups in total. The molecule has 1 amide bonds. The molecule has 6 heteroatoms. The van der Waals surface area contributed by atoms with Crippen LogP contribution in [0.4, 0.5) is 0 Å². The van der Waals surface area contributed by atoms with E-state index in [0.29, 0.717) is 25.1 Å². The van der Waals surface area contributed by atoms with Gasteiger partial charge in [0.25, 0.3) is 11.5 Å². The summed E-state index contributed by atoms with van der Waals surface area (Å²) in [6, 6.07) is 29.3. The Balaban J connectivity index is 1.74. The number of benzene rings is 3. The number of aromatic nitrogens is 1. The first kappa shape index (κ1) is 24.2. The number of hydrogen-bond donors (Lipinski definition) is 0. The largest absolute Gasteiger partial charge is 0.336 e. The van der Waals surface area contributed by atoms with Crippen molar-refractivity contribution in [2.75, 3.05) is 6.54 Å². The van der Waals surface area contributed by atoms with Gasteiger partial charge in [0.15, 0.2) is 11.8 Å². The summed E-state index contributed by atoms with van der Waals surface area (Å²) < 4.78 is 1.14. The number of hydrogen-bond acceptors (Lipinski definition) is 3. The first-order chi connectivity index (χ1) is 17.0. The zero-order valence-corrected chi connectivity index (χ0v) is 19.8. The highest BCUT2D eigenvalue weighted by atomic mass is 35.5. The maximum Gasteiger partial charge on any atom is 0.254 e. The summed E-state index contributed by atoms with van der Waals surface area (Å²) in [5, 5.41) is 0.266. The minimum absolute atomic E-state index is 0.266. The first-order valence-corrected chi connectivity index (χ1v) is 11.7. The summed E-state index contributed by atoms with van der Waals surface area (Å²) in [5.41, 5.74) is 1.88. The van der Waals surface area contributed by atoms with E-state index in [2.05, 4.69) is 0 Å². The molecule has 5 nitrogen and oxygen atoms in total. The van der Waals surface area contributed by atoms with Crippen LogP contribution in [0.2, 0.25) is 5.02 Å². The van der Waals surface area contributed by atoms with E-state index in [0.717, 1.165) is 15.7 Å². The smallest absolute Gasteiger partial charge is 0.254 e. The van der Waals surface area contributed by atoms with Crippen molar-refractivity contribution in [3.05, 3.63) is 141 Å². The highest BCUT2D eigenvalue weighted by Gasteiger charge is 2.34. The fourth-order valence-corrected chi connectivity index (χ4v) is 4.12. The van der Waals surface area contributed by atoms with E-state index in [4.69, 9.17) is 11.6 Å². The van der Waals surface area contributed by atoms with E-state index in [-0.39, 0.29) is 5.02 Å². The number of amides is 1. The van der Waals surface area contributed by atoms with Gasteiger partial charge in [0, 0.05) is 30.9 Å². The molecule has 3 aromatic carbocycles. The Labute approximate surface area is 209 Å². The number of halogens is 1. The lowest BCUT2D eigenvalue weighted by molar-refractivity contribution is -0.134. The third-order valence-corrected chi connectivity index (χ3v) is 5.99. The van der Waals surface area contributed by atoms with Crippen LogP contribution in [0.3, 0.4) is 0 Å². The molecule has 0 aliphatic carbocycles. The van der Waals surface area contributed by atoms with Crippen LogP contribution in [-0.2, 0) is 17.8 Å². The third-order valence-electron chi connectivity index (χ3n) is 5.76. The molecule has 0 bridgehead atoms. The number of pyridine rings is 1. The summed E-state index contributed by atoms with van der Waals surface area (Å²) >= 11 is 6.17. The number of carbonyl (C=O) groups excluding carboxylic acids is 2. The Kier molecular flexibility index (Phi) is 7.91. The molecule has 0 aliphatic heterocycles. The van der Waals surface area contributed by atoms with Crippen molar-refractivity contribution in [2.24, 2.45) is 0 Å². The molecule has 0 unspecified atom stereocenters. The van der Waals surface area contributed by atoms with E-state index < -0.39 is 23.3 Å². The van der Waals surface area contributed by atoms with Crippen LogP contribution < -0.4 is 5.56 Å². The summed E-state index contributed by atoms with van der Waals surface area (Å²) in [6.07, 6.45) is 1.96. The van der Waals surface area contributed by atoms with Gasteiger partial charge >= 0.3 is 0 Å². The second-order valence-electron chi connectivity index (χ2n) is 8.21. The topological polar surface area (TPSA) is 59.4 Å². The van der Waals surface area contributed by atoms with Gasteiger partial charge in [-0.25, -0.2) is 0 Å². The summed E-state index contributed by atoms with van der Waals surface area (Å²) in [5.74, 6) is -0.916. The fraction of sp³-hybridized carbons (Fsp3) is 0.138. The lowest BCUT2D eigenvalue weighted by Crippen LogP contribution is -2.44. The van der Waals surface area contributed by atoms with Gasteiger partial charge < -0.3 is 4.90 Å². The van der Waals surface area contributed by atoms with Crippen molar-refractivity contribution in [3.8, 4) is 0 Å². The van der Waals surface area contributed by atoms with Crippen LogP contribution in [0.1, 0.15) is 27.5 Å². The Hall–Kier alpha value is -3.96. The normalized spacial score (nSPS) is 11.6. The van der Waals surface area contributed by atoms with Crippen molar-refractivity contribution in [3.63, 3.8) is 0 Å². The Morgan fingerprint density at radius 3 is 1.97 bits per heavy atom. The third kappa shape index (κ3) is 6.14. The molecule has 4 rings (SSSR count). The molecule has 1 atom stereocenters. The van der Waals surface area contributed by atoms with Crippen molar-refractivity contribution in [1.82, 2.24) is 9.47 Å². The lowest BCUT2D eigenvalue weighted by atomic mass is 10.0. The molecule has 0 aliphatic rings. The van der Waals surface area contributed by atoms with Crippen LogP contribution in [0, 0.1) is 0 Å². The molecule has 1 aromatic heterocycles. The van der Waals surface area contributed by atoms with E-state index in [1.807, 2.05) is 60.7 Å². The minimum atomic E-state index is -1.37. The molecule has 176 valence electrons. The van der Waals surface area contributed by atoms with Crippen molar-refractivity contribution in [1.29, 1.82) is 0 Å². The van der Waals surface area contributed by atoms with Crippen LogP contribution in [0.5, 0.6) is 0 Å². The maximum atomic E-state index is 14.1. The number of rotatable bonds is 9. The standard InChI is InChI=1S/C29H25ClN2O3/c30-25-16-17-26(33)32(21-25)27(28(34)24-14-8-3-9-15-24)29(35)31(20-23-12-6-2-7-13-23)19-18-22-10-4-1-5-11-22/h1-17,21,27H,18-20H2/t27-/m0/s1. The van der Waals surface area contributed by atoms with Gasteiger partial charge in [-0.2, -0.15) is 0 Å². The fourth-order valence-electron chi connectivity index (χ4n) is 3.95. The van der Waals surface area contributed by atoms with Crippen LogP contribution in [-0.4, -0.2) is 27.7 Å². The number of Topliss-reactive ketones (excluding diaryl/α,β-unsaturated/α-hetero) is 1. The molecular formula is C29H25ClN2O3. The number of carbonyl (C=O) groups is 2. The average Bonchev–Trinajstić information content (AvgIpc) is 2.90. The van der Waals surface area contributed by atoms with E-state index >= 15 is 0 Å². The Morgan fingerprint density at radius 1 is 0.771 bits per heavy atom. The lowest BCUT2D eigenvalue weighted by Gasteiger charge is -2.28. The van der Waals surface area contributed by atoms with E-state index in [1.165, 1.54) is 18.3 Å². The molecule has 0 fully saturated rings. The predicted molar refractivity (Wildman–Crippen MR) is 138 cm³/mol. The second kappa shape index (κ2) is 11.4. The second-order valence-corrected chi connectivity index (χ2v) is 8.64. The van der Waals surface area contributed by atoms with Crippen molar-refractivity contribution < 1.29 is 9.59 Å². The SMILES string of the molecule is O=C(c1ccccc1)[C@@H](C(=O)N(CCc1ccccc1)Cc1ccccc1)n1cc(Cl)ccc1=O. The molecule has 0 saturated heterocycles. The summed E-state index contributed by atoms with van der Waals surface area (Å²) in [4.78, 5) is 42.1. The molecule has 0 radical (unpaired) electrons. The van der Waals surface area contributed by atoms with Crippen LogP contribution in [0.25, 0.3) is 0 Å². The van der Waals surface area contributed by atoms with Crippen molar-refractivity contribution >= 4 is 23.3 Å². The number of nitrogens with zero attached hydrogens (tertiary/aromatic N) is 2. The first-order valence-electron chi connectivity index (χ1n) is 11.4. The highest BCUT2D eigenvalue weighted by Crippen LogP contribution is 2.20. The van der Waals surface area contributed by atoms with Gasteiger partial charge in [-0.1, -0.05) is 103 Å². The maximum absolute atomic E-state index is 14.1. The van der Waals surface area contributed by atoms with E-state index in [1.54, 1.807) is 35.2 Å². The molecule has 1 heterocycles. The van der Waals surface area contributed by atoms with Crippen LogP contribution >= 0.6 is 11.6 Å². The molecule has 0 spiro atoms. The average molecular weight is 485 g/mol. The molecule has 35 heavy (non-hydrogen) atoms. The van der Waals surface area contributed by atoms with Gasteiger partial charge in [-0.3, -0.25) is 19.0 Å². The Bertz CT molecular complexity index is 1340.